The maximum absolute atomic E-state index is 5.61. The molecule has 0 unspecified atom stereocenters. The number of thiophene rings is 1. The second-order valence-corrected chi connectivity index (χ2v) is 3.55. The fraction of sp³-hybridized carbons (Fsp3) is 0.375. The van der Waals surface area contributed by atoms with E-state index >= 15 is 0 Å². The molecule has 12 heavy (non-hydrogen) atoms. The van der Waals surface area contributed by atoms with Gasteiger partial charge >= 0.3 is 0 Å². The van der Waals surface area contributed by atoms with Gasteiger partial charge in [0.15, 0.2) is 5.96 Å². The summed E-state index contributed by atoms with van der Waals surface area (Å²) in [4.78, 5) is 7.11. The third-order valence-electron chi connectivity index (χ3n) is 1.59. The van der Waals surface area contributed by atoms with Crippen molar-refractivity contribution in [2.75, 3.05) is 14.1 Å². The molecule has 0 spiro atoms. The van der Waals surface area contributed by atoms with Crippen LogP contribution < -0.4 is 5.73 Å². The smallest absolute Gasteiger partial charge is 0.191 e. The lowest BCUT2D eigenvalue weighted by Crippen LogP contribution is -2.32. The zero-order chi connectivity index (χ0) is 8.97. The topological polar surface area (TPSA) is 41.6 Å². The predicted octanol–water partition coefficient (Wildman–Crippen LogP) is 1.12. The number of hydrogen-bond donors (Lipinski definition) is 1. The van der Waals surface area contributed by atoms with Gasteiger partial charge in [-0.3, -0.25) is 4.99 Å². The second kappa shape index (κ2) is 4.11. The predicted molar refractivity (Wildman–Crippen MR) is 53.3 cm³/mol. The van der Waals surface area contributed by atoms with E-state index < -0.39 is 0 Å². The number of rotatable bonds is 2. The molecule has 0 saturated heterocycles. The normalized spacial score (nSPS) is 11.7. The van der Waals surface area contributed by atoms with E-state index in [4.69, 9.17) is 5.73 Å². The minimum absolute atomic E-state index is 0.573. The van der Waals surface area contributed by atoms with Crippen LogP contribution in [0.3, 0.4) is 0 Å². The third kappa shape index (κ3) is 2.23. The number of nitrogens with two attached hydrogens (primary N) is 1. The van der Waals surface area contributed by atoms with E-state index in [2.05, 4.69) is 16.4 Å². The summed E-state index contributed by atoms with van der Waals surface area (Å²) in [7, 11) is 3.63. The van der Waals surface area contributed by atoms with Crippen molar-refractivity contribution in [1.82, 2.24) is 4.90 Å². The summed E-state index contributed by atoms with van der Waals surface area (Å²) in [6.45, 7) is 0.834. The van der Waals surface area contributed by atoms with E-state index in [1.54, 1.807) is 18.4 Å². The molecule has 66 valence electrons. The second-order valence-electron chi connectivity index (χ2n) is 2.52. The van der Waals surface area contributed by atoms with Crippen LogP contribution in [0, 0.1) is 0 Å². The summed E-state index contributed by atoms with van der Waals surface area (Å²) in [5, 5.41) is 2.06. The molecule has 0 aliphatic carbocycles. The maximum Gasteiger partial charge on any atom is 0.191 e. The van der Waals surface area contributed by atoms with E-state index in [1.165, 1.54) is 4.88 Å². The Morgan fingerprint density at radius 2 is 2.50 bits per heavy atom. The Labute approximate surface area is 76.5 Å². The number of guanidine groups is 1. The molecule has 3 nitrogen and oxygen atoms in total. The standard InChI is InChI=1S/C8H13N3S/c1-10-8(9)11(2)6-7-4-3-5-12-7/h3-5H,6H2,1-2H3,(H2,9,10). The van der Waals surface area contributed by atoms with E-state index in [9.17, 15) is 0 Å². The van der Waals surface area contributed by atoms with Gasteiger partial charge in [-0.25, -0.2) is 0 Å². The van der Waals surface area contributed by atoms with Gasteiger partial charge in [-0.15, -0.1) is 11.3 Å². The zero-order valence-electron chi connectivity index (χ0n) is 7.32. The van der Waals surface area contributed by atoms with Crippen molar-refractivity contribution in [3.05, 3.63) is 22.4 Å². The lowest BCUT2D eigenvalue weighted by molar-refractivity contribution is 0.499. The molecular weight excluding hydrogens is 170 g/mol. The fourth-order valence-corrected chi connectivity index (χ4v) is 1.65. The van der Waals surface area contributed by atoms with Crippen LogP contribution >= 0.6 is 11.3 Å². The van der Waals surface area contributed by atoms with Gasteiger partial charge in [0.05, 0.1) is 6.54 Å². The quantitative estimate of drug-likeness (QED) is 0.551. The molecule has 0 aromatic carbocycles. The molecule has 1 rings (SSSR count). The van der Waals surface area contributed by atoms with Crippen LogP contribution in [0.1, 0.15) is 4.88 Å². The van der Waals surface area contributed by atoms with Crippen LogP contribution in [-0.2, 0) is 6.54 Å². The van der Waals surface area contributed by atoms with Crippen LogP contribution in [0.25, 0.3) is 0 Å². The van der Waals surface area contributed by atoms with Gasteiger partial charge in [-0.2, -0.15) is 0 Å². The van der Waals surface area contributed by atoms with Gasteiger partial charge in [0.2, 0.25) is 0 Å². The number of hydrogen-bond acceptors (Lipinski definition) is 2. The van der Waals surface area contributed by atoms with Crippen molar-refractivity contribution in [1.29, 1.82) is 0 Å². The van der Waals surface area contributed by atoms with Crippen molar-refractivity contribution in [2.24, 2.45) is 10.7 Å². The van der Waals surface area contributed by atoms with E-state index in [0.717, 1.165) is 6.54 Å². The van der Waals surface area contributed by atoms with Crippen LogP contribution in [-0.4, -0.2) is 25.0 Å². The first-order chi connectivity index (χ1) is 5.74. The van der Waals surface area contributed by atoms with E-state index in [0.29, 0.717) is 5.96 Å². The molecule has 0 radical (unpaired) electrons. The Balaban J connectivity index is 2.53. The molecule has 1 heterocycles. The highest BCUT2D eigenvalue weighted by Crippen LogP contribution is 2.10. The lowest BCUT2D eigenvalue weighted by atomic mass is 10.4. The Bertz CT molecular complexity index is 253. The molecule has 1 aromatic heterocycles. The minimum Gasteiger partial charge on any atom is -0.370 e. The minimum atomic E-state index is 0.573. The van der Waals surface area contributed by atoms with E-state index in [-0.39, 0.29) is 0 Å². The van der Waals surface area contributed by atoms with Crippen molar-refractivity contribution in [2.45, 2.75) is 6.54 Å². The molecule has 0 amide bonds. The molecule has 4 heteroatoms. The Hall–Kier alpha value is -1.03. The number of nitrogens with zero attached hydrogens (tertiary/aromatic N) is 2. The zero-order valence-corrected chi connectivity index (χ0v) is 8.14. The highest BCUT2D eigenvalue weighted by Gasteiger charge is 2.01. The Morgan fingerprint density at radius 3 is 3.00 bits per heavy atom. The average molecular weight is 183 g/mol. The first-order valence-corrected chi connectivity index (χ1v) is 4.57. The summed E-state index contributed by atoms with van der Waals surface area (Å²) in [5.41, 5.74) is 5.61. The molecule has 0 saturated carbocycles. The maximum atomic E-state index is 5.61. The first-order valence-electron chi connectivity index (χ1n) is 3.70. The summed E-state index contributed by atoms with van der Waals surface area (Å²) >= 11 is 1.73. The summed E-state index contributed by atoms with van der Waals surface area (Å²) < 4.78 is 0. The Kier molecular flexibility index (Phi) is 3.10. The van der Waals surface area contributed by atoms with Crippen LogP contribution in [0.5, 0.6) is 0 Å². The monoisotopic (exact) mass is 183 g/mol. The largest absolute Gasteiger partial charge is 0.370 e. The summed E-state index contributed by atoms with van der Waals surface area (Å²) in [6, 6.07) is 4.12. The van der Waals surface area contributed by atoms with Crippen molar-refractivity contribution in [3.63, 3.8) is 0 Å². The molecule has 2 N–H and O–H groups in total. The molecule has 0 atom stereocenters. The molecule has 0 fully saturated rings. The molecule has 0 aliphatic rings. The van der Waals surface area contributed by atoms with Crippen molar-refractivity contribution >= 4 is 17.3 Å². The van der Waals surface area contributed by atoms with Gasteiger partial charge in [0.25, 0.3) is 0 Å². The van der Waals surface area contributed by atoms with Crippen LogP contribution in [0.4, 0.5) is 0 Å². The highest BCUT2D eigenvalue weighted by molar-refractivity contribution is 7.09. The van der Waals surface area contributed by atoms with E-state index in [1.807, 2.05) is 18.0 Å². The molecule has 1 aromatic rings. The highest BCUT2D eigenvalue weighted by atomic mass is 32.1. The fourth-order valence-electron chi connectivity index (χ4n) is 0.888. The molecule has 0 aliphatic heterocycles. The molecular formula is C8H13N3S. The summed E-state index contributed by atoms with van der Waals surface area (Å²) in [5.74, 6) is 0.573. The van der Waals surface area contributed by atoms with Gasteiger partial charge in [0, 0.05) is 19.0 Å². The van der Waals surface area contributed by atoms with Crippen molar-refractivity contribution in [3.8, 4) is 0 Å². The van der Waals surface area contributed by atoms with Gasteiger partial charge in [-0.05, 0) is 11.4 Å². The average Bonchev–Trinajstić information content (AvgIpc) is 2.55. The third-order valence-corrected chi connectivity index (χ3v) is 2.45. The SMILES string of the molecule is CN=C(N)N(C)Cc1cccs1. The molecule has 0 bridgehead atoms. The van der Waals surface area contributed by atoms with Gasteiger partial charge in [-0.1, -0.05) is 6.07 Å². The van der Waals surface area contributed by atoms with Gasteiger partial charge in [0.1, 0.15) is 0 Å². The number of aliphatic imine (C=N–C) groups is 1. The summed E-state index contributed by atoms with van der Waals surface area (Å²) in [6.07, 6.45) is 0. The van der Waals surface area contributed by atoms with Gasteiger partial charge < -0.3 is 10.6 Å². The van der Waals surface area contributed by atoms with Crippen molar-refractivity contribution < 1.29 is 0 Å². The van der Waals surface area contributed by atoms with Crippen LogP contribution in [0.15, 0.2) is 22.5 Å². The lowest BCUT2D eigenvalue weighted by Gasteiger charge is -2.15. The Morgan fingerprint density at radius 1 is 1.75 bits per heavy atom. The van der Waals surface area contributed by atoms with Crippen LogP contribution in [0.2, 0.25) is 0 Å². The first kappa shape index (κ1) is 9.06.